The highest BCUT2D eigenvalue weighted by molar-refractivity contribution is 5.71. The number of rotatable bonds is 55. The average Bonchev–Trinajstić information content (AvgIpc) is 3.30. The Bertz CT molecular complexity index is 996. The van der Waals surface area contributed by atoms with Crippen LogP contribution in [0.5, 0.6) is 0 Å². The molecule has 0 N–H and O–H groups in total. The van der Waals surface area contributed by atoms with E-state index >= 15 is 0 Å². The summed E-state index contributed by atoms with van der Waals surface area (Å²) in [7, 11) is 0. The quantitative estimate of drug-likeness (QED) is 0.0343. The first-order valence-corrected chi connectivity index (χ1v) is 29.9. The molecule has 0 aliphatic heterocycles. The van der Waals surface area contributed by atoms with E-state index in [2.05, 4.69) is 27.7 Å². The first-order valence-electron chi connectivity index (χ1n) is 29.9. The molecule has 0 fully saturated rings. The van der Waals surface area contributed by atoms with Gasteiger partial charge in [-0.3, -0.25) is 14.4 Å². The van der Waals surface area contributed by atoms with Crippen molar-refractivity contribution >= 4 is 17.9 Å². The van der Waals surface area contributed by atoms with E-state index in [9.17, 15) is 14.4 Å². The molecule has 0 aromatic rings. The molecule has 0 aliphatic rings. The molecule has 1 atom stereocenters. The van der Waals surface area contributed by atoms with Crippen LogP contribution in [0.25, 0.3) is 0 Å². The van der Waals surface area contributed by atoms with Gasteiger partial charge in [0.1, 0.15) is 13.2 Å². The highest BCUT2D eigenvalue weighted by Gasteiger charge is 2.19. The van der Waals surface area contributed by atoms with Gasteiger partial charge >= 0.3 is 17.9 Å². The van der Waals surface area contributed by atoms with Crippen molar-refractivity contribution in [1.82, 2.24) is 0 Å². The molecule has 0 aromatic heterocycles. The third kappa shape index (κ3) is 53.4. The number of esters is 3. The number of hydrogen-bond donors (Lipinski definition) is 0. The van der Waals surface area contributed by atoms with Gasteiger partial charge < -0.3 is 14.2 Å². The third-order valence-corrected chi connectivity index (χ3v) is 13.8. The molecular weight excluding hydrogens is 817 g/mol. The van der Waals surface area contributed by atoms with Crippen molar-refractivity contribution in [2.24, 2.45) is 5.92 Å². The van der Waals surface area contributed by atoms with Gasteiger partial charge in [0.25, 0.3) is 0 Å². The summed E-state index contributed by atoms with van der Waals surface area (Å²) in [6.07, 6.45) is 59.5. The maximum Gasteiger partial charge on any atom is 0.306 e. The largest absolute Gasteiger partial charge is 0.462 e. The fourth-order valence-corrected chi connectivity index (χ4v) is 9.28. The van der Waals surface area contributed by atoms with Crippen LogP contribution in [0.4, 0.5) is 0 Å². The van der Waals surface area contributed by atoms with Gasteiger partial charge in [0.15, 0.2) is 6.10 Å². The smallest absolute Gasteiger partial charge is 0.306 e. The van der Waals surface area contributed by atoms with Gasteiger partial charge in [-0.1, -0.05) is 304 Å². The Balaban J connectivity index is 4.29. The molecule has 0 saturated heterocycles. The summed E-state index contributed by atoms with van der Waals surface area (Å²) in [5, 5.41) is 0. The molecule has 0 bridgehead atoms. The molecule has 0 rings (SSSR count). The van der Waals surface area contributed by atoms with Gasteiger partial charge in [-0.05, 0) is 25.2 Å². The Hall–Kier alpha value is -1.59. The SMILES string of the molecule is CCCCCCCCCCCCCCCCCCCC(=O)OC[C@H](COC(=O)CCCCCCCCCCCCCCCCC)OC(=O)CCCCCCCCCCCCCCCC(C)C. The lowest BCUT2D eigenvalue weighted by molar-refractivity contribution is -0.167. The van der Waals surface area contributed by atoms with Crippen molar-refractivity contribution in [2.45, 2.75) is 348 Å². The summed E-state index contributed by atoms with van der Waals surface area (Å²) in [6, 6.07) is 0. The zero-order chi connectivity index (χ0) is 48.1. The Labute approximate surface area is 412 Å². The molecule has 392 valence electrons. The zero-order valence-corrected chi connectivity index (χ0v) is 45.2. The Kier molecular flexibility index (Phi) is 53.0. The van der Waals surface area contributed by atoms with Crippen molar-refractivity contribution in [3.63, 3.8) is 0 Å². The van der Waals surface area contributed by atoms with Gasteiger partial charge in [0, 0.05) is 19.3 Å². The minimum atomic E-state index is -0.762. The first-order chi connectivity index (χ1) is 32.4. The molecule has 0 amide bonds. The van der Waals surface area contributed by atoms with Crippen LogP contribution in [0, 0.1) is 5.92 Å². The molecule has 0 radical (unpaired) electrons. The maximum atomic E-state index is 12.9. The molecule has 6 heteroatoms. The van der Waals surface area contributed by atoms with Crippen LogP contribution in [0.1, 0.15) is 342 Å². The second kappa shape index (κ2) is 54.4. The molecule has 0 unspecified atom stereocenters. The molecular formula is C60H116O6. The highest BCUT2D eigenvalue weighted by atomic mass is 16.6. The summed E-state index contributed by atoms with van der Waals surface area (Å²) in [6.45, 7) is 9.07. The van der Waals surface area contributed by atoms with Gasteiger partial charge in [-0.15, -0.1) is 0 Å². The van der Waals surface area contributed by atoms with E-state index in [1.807, 2.05) is 0 Å². The Morgan fingerprint density at radius 1 is 0.288 bits per heavy atom. The minimum Gasteiger partial charge on any atom is -0.462 e. The normalized spacial score (nSPS) is 12.0. The monoisotopic (exact) mass is 933 g/mol. The van der Waals surface area contributed by atoms with Gasteiger partial charge in [0.05, 0.1) is 0 Å². The fourth-order valence-electron chi connectivity index (χ4n) is 9.28. The number of carbonyl (C=O) groups is 3. The van der Waals surface area contributed by atoms with E-state index in [0.29, 0.717) is 19.3 Å². The third-order valence-electron chi connectivity index (χ3n) is 13.8. The van der Waals surface area contributed by atoms with Crippen molar-refractivity contribution in [3.8, 4) is 0 Å². The molecule has 0 spiro atoms. The van der Waals surface area contributed by atoms with Crippen molar-refractivity contribution in [1.29, 1.82) is 0 Å². The van der Waals surface area contributed by atoms with Gasteiger partial charge in [0.2, 0.25) is 0 Å². The highest BCUT2D eigenvalue weighted by Crippen LogP contribution is 2.18. The zero-order valence-electron chi connectivity index (χ0n) is 45.2. The van der Waals surface area contributed by atoms with Crippen molar-refractivity contribution in [3.05, 3.63) is 0 Å². The lowest BCUT2D eigenvalue weighted by Crippen LogP contribution is -2.30. The summed E-state index contributed by atoms with van der Waals surface area (Å²) in [5.41, 5.74) is 0. The summed E-state index contributed by atoms with van der Waals surface area (Å²) in [4.78, 5) is 38.2. The van der Waals surface area contributed by atoms with Crippen LogP contribution >= 0.6 is 0 Å². The Morgan fingerprint density at radius 2 is 0.500 bits per heavy atom. The van der Waals surface area contributed by atoms with Crippen LogP contribution in [0.2, 0.25) is 0 Å². The van der Waals surface area contributed by atoms with Crippen LogP contribution in [-0.2, 0) is 28.6 Å². The second-order valence-electron chi connectivity index (χ2n) is 21.1. The predicted octanol–water partition coefficient (Wildman–Crippen LogP) is 19.8. The van der Waals surface area contributed by atoms with Gasteiger partial charge in [-0.2, -0.15) is 0 Å². The van der Waals surface area contributed by atoms with E-state index in [-0.39, 0.29) is 31.1 Å². The molecule has 6 nitrogen and oxygen atoms in total. The number of unbranched alkanes of at least 4 members (excludes halogenated alkanes) is 42. The van der Waals surface area contributed by atoms with E-state index in [4.69, 9.17) is 14.2 Å². The van der Waals surface area contributed by atoms with E-state index in [1.165, 1.54) is 238 Å². The average molecular weight is 934 g/mol. The molecule has 0 aromatic carbocycles. The van der Waals surface area contributed by atoms with E-state index in [1.54, 1.807) is 0 Å². The lowest BCUT2D eigenvalue weighted by atomic mass is 10.0. The number of hydrogen-bond acceptors (Lipinski definition) is 6. The van der Waals surface area contributed by atoms with Crippen LogP contribution in [-0.4, -0.2) is 37.2 Å². The summed E-state index contributed by atoms with van der Waals surface area (Å²) in [5.74, 6) is 0.00586. The lowest BCUT2D eigenvalue weighted by Gasteiger charge is -2.18. The minimum absolute atomic E-state index is 0.0616. The topological polar surface area (TPSA) is 78.9 Å². The standard InChI is InChI=1S/C60H116O6/c1-5-7-9-11-13-15-17-19-21-22-24-28-32-36-40-44-48-52-59(62)65-55-57(54-64-58(61)51-47-43-39-35-31-27-23-20-18-16-14-12-10-8-6-2)66-60(63)53-49-45-41-37-33-29-25-26-30-34-38-42-46-50-56(3)4/h56-57H,5-55H2,1-4H3/t57-/m0/s1. The van der Waals surface area contributed by atoms with E-state index < -0.39 is 6.10 Å². The molecule has 0 aliphatic carbocycles. The Morgan fingerprint density at radius 3 is 0.742 bits per heavy atom. The van der Waals surface area contributed by atoms with Crippen molar-refractivity contribution < 1.29 is 28.6 Å². The molecule has 0 heterocycles. The van der Waals surface area contributed by atoms with Crippen molar-refractivity contribution in [2.75, 3.05) is 13.2 Å². The van der Waals surface area contributed by atoms with Crippen LogP contribution in [0.15, 0.2) is 0 Å². The predicted molar refractivity (Wildman–Crippen MR) is 284 cm³/mol. The summed E-state index contributed by atoms with van der Waals surface area (Å²) >= 11 is 0. The molecule has 0 saturated carbocycles. The van der Waals surface area contributed by atoms with Crippen LogP contribution in [0.3, 0.4) is 0 Å². The fraction of sp³-hybridized carbons (Fsp3) is 0.950. The maximum absolute atomic E-state index is 12.9. The number of carbonyl (C=O) groups excluding carboxylic acids is 3. The molecule has 66 heavy (non-hydrogen) atoms. The first kappa shape index (κ1) is 64.4. The number of ether oxygens (including phenoxy) is 3. The second-order valence-corrected chi connectivity index (χ2v) is 21.1. The van der Waals surface area contributed by atoms with Gasteiger partial charge in [-0.25, -0.2) is 0 Å². The van der Waals surface area contributed by atoms with Crippen LogP contribution < -0.4 is 0 Å². The van der Waals surface area contributed by atoms with E-state index in [0.717, 1.165) is 63.7 Å². The summed E-state index contributed by atoms with van der Waals surface area (Å²) < 4.78 is 16.9.